The molecule has 2 aromatic heterocycles. The lowest BCUT2D eigenvalue weighted by Crippen LogP contribution is -2.15. The van der Waals surface area contributed by atoms with Crippen LogP contribution in [0.3, 0.4) is 0 Å². The summed E-state index contributed by atoms with van der Waals surface area (Å²) in [5, 5.41) is 10.7. The maximum absolute atomic E-state index is 13.1. The van der Waals surface area contributed by atoms with Crippen molar-refractivity contribution in [3.8, 4) is 0 Å². The third kappa shape index (κ3) is 10.1. The fourth-order valence-electron chi connectivity index (χ4n) is 2.61. The highest BCUT2D eigenvalue weighted by Crippen LogP contribution is 2.32. The summed E-state index contributed by atoms with van der Waals surface area (Å²) in [5.41, 5.74) is 1.22. The van der Waals surface area contributed by atoms with Crippen molar-refractivity contribution in [1.29, 1.82) is 0 Å². The van der Waals surface area contributed by atoms with E-state index in [1.165, 1.54) is 24.9 Å². The van der Waals surface area contributed by atoms with Gasteiger partial charge in [-0.05, 0) is 48.5 Å². The number of amides is 1. The van der Waals surface area contributed by atoms with E-state index in [4.69, 9.17) is 10.8 Å². The highest BCUT2D eigenvalue weighted by atomic mass is 19.4. The van der Waals surface area contributed by atoms with Crippen molar-refractivity contribution < 1.29 is 49.8 Å². The van der Waals surface area contributed by atoms with E-state index in [1.807, 2.05) is 0 Å². The predicted molar refractivity (Wildman–Crippen MR) is 126 cm³/mol. The molecule has 4 N–H and O–H groups in total. The summed E-state index contributed by atoms with van der Waals surface area (Å²) in [6.07, 6.45) is -4.21. The SMILES string of the molecule is Nc1ccncn1.O=C(Nc1ccncn1)c1ccc(F)c(C(F)(F)F)c1.O=C(O)c1ccc(F)c(C(F)(F)F)c1. The van der Waals surface area contributed by atoms with Gasteiger partial charge >= 0.3 is 18.3 Å². The number of halogens is 8. The number of hydrogen-bond donors (Lipinski definition) is 3. The van der Waals surface area contributed by atoms with Crippen LogP contribution in [0.25, 0.3) is 0 Å². The van der Waals surface area contributed by atoms with Gasteiger partial charge in [0.15, 0.2) is 0 Å². The molecule has 0 bridgehead atoms. The van der Waals surface area contributed by atoms with Crippen LogP contribution in [0.5, 0.6) is 0 Å². The summed E-state index contributed by atoms with van der Waals surface area (Å²) in [4.78, 5) is 36.7. The van der Waals surface area contributed by atoms with Crippen molar-refractivity contribution in [3.63, 3.8) is 0 Å². The summed E-state index contributed by atoms with van der Waals surface area (Å²) >= 11 is 0. The van der Waals surface area contributed by atoms with Crippen LogP contribution >= 0.6 is 0 Å². The summed E-state index contributed by atoms with van der Waals surface area (Å²) < 4.78 is 99.5. The number of hydrogen-bond acceptors (Lipinski definition) is 7. The minimum Gasteiger partial charge on any atom is -0.478 e. The number of nitrogen functional groups attached to an aromatic ring is 1. The highest BCUT2D eigenvalue weighted by molar-refractivity contribution is 6.03. The number of nitrogens with one attached hydrogen (secondary N) is 1. The topological polar surface area (TPSA) is 144 Å². The first-order chi connectivity index (χ1) is 19.1. The number of carboxylic acids is 1. The van der Waals surface area contributed by atoms with Crippen molar-refractivity contribution in [2.45, 2.75) is 12.4 Å². The Labute approximate surface area is 224 Å². The number of nitrogens with zero attached hydrogens (tertiary/aromatic N) is 4. The smallest absolute Gasteiger partial charge is 0.419 e. The van der Waals surface area contributed by atoms with Gasteiger partial charge in [0.2, 0.25) is 0 Å². The van der Waals surface area contributed by atoms with Crippen molar-refractivity contribution in [2.75, 3.05) is 11.1 Å². The molecule has 216 valence electrons. The lowest BCUT2D eigenvalue weighted by atomic mass is 10.1. The zero-order valence-corrected chi connectivity index (χ0v) is 20.1. The van der Waals surface area contributed by atoms with E-state index in [2.05, 4.69) is 25.3 Å². The molecule has 2 heterocycles. The Hall–Kier alpha value is -5.22. The Bertz CT molecular complexity index is 1470. The lowest BCUT2D eigenvalue weighted by Gasteiger charge is -2.10. The summed E-state index contributed by atoms with van der Waals surface area (Å²) in [5.74, 6) is -4.64. The first-order valence-electron chi connectivity index (χ1n) is 10.6. The maximum atomic E-state index is 13.1. The van der Waals surface area contributed by atoms with Gasteiger partial charge in [-0.15, -0.1) is 0 Å². The van der Waals surface area contributed by atoms with E-state index < -0.39 is 52.6 Å². The van der Waals surface area contributed by atoms with Crippen LogP contribution in [0.2, 0.25) is 0 Å². The Morgan fingerprint density at radius 1 is 0.732 bits per heavy atom. The molecule has 0 aliphatic heterocycles. The van der Waals surface area contributed by atoms with Crippen molar-refractivity contribution in [1.82, 2.24) is 19.9 Å². The number of benzene rings is 2. The second-order valence-electron chi connectivity index (χ2n) is 7.37. The zero-order valence-electron chi connectivity index (χ0n) is 20.1. The van der Waals surface area contributed by atoms with Crippen LogP contribution in [0.1, 0.15) is 31.8 Å². The molecule has 4 rings (SSSR count). The number of rotatable bonds is 3. The minimum atomic E-state index is -4.88. The number of carboxylic acid groups (broad SMARTS) is 1. The van der Waals surface area contributed by atoms with E-state index >= 15 is 0 Å². The summed E-state index contributed by atoms with van der Waals surface area (Å²) in [6, 6.07) is 6.52. The molecule has 0 unspecified atom stereocenters. The molecule has 0 spiro atoms. The quantitative estimate of drug-likeness (QED) is 0.267. The number of nitrogens with two attached hydrogens (primary N) is 1. The standard InChI is InChI=1S/C12H7F4N3O.C8H4F4O2.C4H5N3/c13-9-2-1-7(5-8(9)12(14,15)16)11(20)19-10-3-4-17-6-18-10;9-6-2-1-4(7(13)14)3-5(6)8(10,11)12;5-4-1-2-6-3-7-4/h1-6H,(H,17,18,19,20);1-3H,(H,13,14);1-3H,(H2,5,6,7). The maximum Gasteiger partial charge on any atom is 0.419 e. The Kier molecular flexibility index (Phi) is 10.7. The van der Waals surface area contributed by atoms with Gasteiger partial charge in [-0.1, -0.05) is 0 Å². The van der Waals surface area contributed by atoms with Crippen LogP contribution in [-0.4, -0.2) is 36.9 Å². The average Bonchev–Trinajstić information content (AvgIpc) is 2.89. The van der Waals surface area contributed by atoms with Gasteiger partial charge < -0.3 is 16.2 Å². The Balaban J connectivity index is 0.000000241. The average molecular weight is 588 g/mol. The normalized spacial score (nSPS) is 10.8. The van der Waals surface area contributed by atoms with Gasteiger partial charge in [0.25, 0.3) is 5.91 Å². The second-order valence-corrected chi connectivity index (χ2v) is 7.37. The molecule has 9 nitrogen and oxygen atoms in total. The molecule has 17 heteroatoms. The second kappa shape index (κ2) is 13.7. The highest BCUT2D eigenvalue weighted by Gasteiger charge is 2.35. The fraction of sp³-hybridized carbons (Fsp3) is 0.0833. The number of anilines is 2. The van der Waals surface area contributed by atoms with Crippen molar-refractivity contribution in [2.24, 2.45) is 0 Å². The van der Waals surface area contributed by atoms with Crippen LogP contribution in [0.15, 0.2) is 73.6 Å². The van der Waals surface area contributed by atoms with Crippen LogP contribution in [-0.2, 0) is 12.4 Å². The van der Waals surface area contributed by atoms with Crippen LogP contribution in [0, 0.1) is 11.6 Å². The van der Waals surface area contributed by atoms with Crippen molar-refractivity contribution in [3.05, 3.63) is 107 Å². The first kappa shape index (κ1) is 32.0. The van der Waals surface area contributed by atoms with Gasteiger partial charge in [0, 0.05) is 18.0 Å². The Morgan fingerprint density at radius 3 is 1.61 bits per heavy atom. The summed E-state index contributed by atoms with van der Waals surface area (Å²) in [7, 11) is 0. The molecule has 1 amide bonds. The van der Waals surface area contributed by atoms with Gasteiger partial charge in [0.1, 0.15) is 35.9 Å². The molecule has 0 aliphatic carbocycles. The molecular formula is C24H16F8N6O3. The predicted octanol–water partition coefficient (Wildman–Crippen LogP) is 5.49. The molecule has 0 atom stereocenters. The molecule has 0 fully saturated rings. The van der Waals surface area contributed by atoms with Crippen molar-refractivity contribution >= 4 is 23.5 Å². The first-order valence-corrected chi connectivity index (χ1v) is 10.6. The molecule has 2 aromatic carbocycles. The number of carbonyl (C=O) groups is 2. The zero-order chi connectivity index (χ0) is 30.8. The van der Waals surface area contributed by atoms with Crippen LogP contribution in [0.4, 0.5) is 46.8 Å². The van der Waals surface area contributed by atoms with Gasteiger partial charge in [0.05, 0.1) is 16.7 Å². The molecule has 41 heavy (non-hydrogen) atoms. The number of aromatic carboxylic acids is 1. The van der Waals surface area contributed by atoms with E-state index in [9.17, 15) is 44.7 Å². The van der Waals surface area contributed by atoms with Gasteiger partial charge in [-0.3, -0.25) is 4.79 Å². The molecule has 0 saturated carbocycles. The molecule has 4 aromatic rings. The Morgan fingerprint density at radius 2 is 1.22 bits per heavy atom. The fourth-order valence-corrected chi connectivity index (χ4v) is 2.61. The molecule has 0 aliphatic rings. The van der Waals surface area contributed by atoms with Gasteiger partial charge in [-0.2, -0.15) is 26.3 Å². The lowest BCUT2D eigenvalue weighted by molar-refractivity contribution is -0.140. The number of aromatic nitrogens is 4. The minimum absolute atomic E-state index is 0.128. The van der Waals surface area contributed by atoms with Crippen LogP contribution < -0.4 is 11.1 Å². The van der Waals surface area contributed by atoms with E-state index in [0.717, 1.165) is 12.1 Å². The van der Waals surface area contributed by atoms with E-state index in [-0.39, 0.29) is 17.4 Å². The third-order valence-electron chi connectivity index (χ3n) is 4.48. The van der Waals surface area contributed by atoms with E-state index in [1.54, 1.807) is 12.3 Å². The largest absolute Gasteiger partial charge is 0.478 e. The number of alkyl halides is 6. The monoisotopic (exact) mass is 588 g/mol. The molecular weight excluding hydrogens is 572 g/mol. The molecule has 0 saturated heterocycles. The van der Waals surface area contributed by atoms with Gasteiger partial charge in [-0.25, -0.2) is 33.5 Å². The molecule has 0 radical (unpaired) electrons. The van der Waals surface area contributed by atoms with E-state index in [0.29, 0.717) is 24.0 Å². The number of carbonyl (C=O) groups excluding carboxylic acids is 1. The third-order valence-corrected chi connectivity index (χ3v) is 4.48. The summed E-state index contributed by atoms with van der Waals surface area (Å²) in [6.45, 7) is 0.